The molecule has 0 heterocycles. The summed E-state index contributed by atoms with van der Waals surface area (Å²) in [5.41, 5.74) is 0. The van der Waals surface area contributed by atoms with Gasteiger partial charge in [0.1, 0.15) is 12.2 Å². The number of carbonyl (C=O) groups excluding carboxylic acids is 1. The van der Waals surface area contributed by atoms with Crippen molar-refractivity contribution in [1.82, 2.24) is 5.32 Å². The van der Waals surface area contributed by atoms with E-state index in [4.69, 9.17) is 0 Å². The summed E-state index contributed by atoms with van der Waals surface area (Å²) < 4.78 is 0. The number of hydrogen-bond acceptors (Lipinski definition) is 7. The van der Waals surface area contributed by atoms with Gasteiger partial charge in [0.25, 0.3) is 0 Å². The molecule has 0 rings (SSSR count). The zero-order valence-corrected chi connectivity index (χ0v) is 33.6. The first-order chi connectivity index (χ1) is 23.4. The molecule has 0 saturated carbocycles. The quantitative estimate of drug-likeness (QED) is 0.0407. The maximum absolute atomic E-state index is 12.5. The molecule has 6 nitrogen and oxygen atoms in total. The molecular formula is C40H81NO5S2. The van der Waals surface area contributed by atoms with Crippen molar-refractivity contribution < 1.29 is 25.2 Å². The molecule has 5 N–H and O–H groups in total. The van der Waals surface area contributed by atoms with Gasteiger partial charge in [-0.1, -0.05) is 168 Å². The van der Waals surface area contributed by atoms with Gasteiger partial charge in [0, 0.05) is 10.5 Å². The number of nitrogens with one attached hydrogen (secondary N) is 1. The van der Waals surface area contributed by atoms with Crippen LogP contribution in [0.5, 0.6) is 0 Å². The molecule has 0 fully saturated rings. The van der Waals surface area contributed by atoms with Crippen LogP contribution in [0.25, 0.3) is 0 Å². The molecule has 0 aliphatic carbocycles. The molecule has 0 aromatic carbocycles. The number of amides is 1. The van der Waals surface area contributed by atoms with Crippen LogP contribution in [0.3, 0.4) is 0 Å². The molecule has 0 spiro atoms. The minimum absolute atomic E-state index is 0.370. The van der Waals surface area contributed by atoms with E-state index in [0.29, 0.717) is 12.8 Å². The average Bonchev–Trinajstić information content (AvgIpc) is 3.09. The second kappa shape index (κ2) is 35.4. The van der Waals surface area contributed by atoms with Crippen molar-refractivity contribution in [3.05, 3.63) is 0 Å². The summed E-state index contributed by atoms with van der Waals surface area (Å²) in [6.45, 7) is 4.04. The fourth-order valence-electron chi connectivity index (χ4n) is 6.71. The van der Waals surface area contributed by atoms with Gasteiger partial charge in [0.05, 0.1) is 18.8 Å². The minimum atomic E-state index is -1.26. The Morgan fingerprint density at radius 2 is 0.854 bits per heavy atom. The SMILES string of the molecule is CCCCCCCCCCCCCC[C@@H](O)C(=O)N[C@@H](CO)[C@H](O)[C@H](O)CCCCCCCCC(SC)C(CCCCCCCC)SC. The first kappa shape index (κ1) is 48.0. The Labute approximate surface area is 306 Å². The Balaban J connectivity index is 4.03. The molecular weight excluding hydrogens is 639 g/mol. The Kier molecular flexibility index (Phi) is 35.4. The molecule has 8 heteroatoms. The number of hydrogen-bond donors (Lipinski definition) is 5. The largest absolute Gasteiger partial charge is 0.394 e. The van der Waals surface area contributed by atoms with Crippen LogP contribution in [-0.2, 0) is 4.79 Å². The summed E-state index contributed by atoms with van der Waals surface area (Å²) >= 11 is 4.09. The molecule has 0 aromatic rings. The molecule has 288 valence electrons. The lowest BCUT2D eigenvalue weighted by molar-refractivity contribution is -0.132. The maximum atomic E-state index is 12.5. The molecule has 0 aliphatic rings. The Morgan fingerprint density at radius 3 is 1.21 bits per heavy atom. The third-order valence-electron chi connectivity index (χ3n) is 10.1. The van der Waals surface area contributed by atoms with Crippen LogP contribution in [0.1, 0.15) is 194 Å². The van der Waals surface area contributed by atoms with Gasteiger partial charge < -0.3 is 25.7 Å². The summed E-state index contributed by atoms with van der Waals surface area (Å²) in [4.78, 5) is 12.5. The predicted octanol–water partition coefficient (Wildman–Crippen LogP) is 9.97. The molecule has 0 radical (unpaired) electrons. The van der Waals surface area contributed by atoms with Crippen molar-refractivity contribution in [3.8, 4) is 0 Å². The van der Waals surface area contributed by atoms with E-state index >= 15 is 0 Å². The van der Waals surface area contributed by atoms with E-state index in [9.17, 15) is 25.2 Å². The fraction of sp³-hybridized carbons (Fsp3) is 0.975. The summed E-state index contributed by atoms with van der Waals surface area (Å²) in [7, 11) is 0. The molecule has 48 heavy (non-hydrogen) atoms. The third kappa shape index (κ3) is 26.8. The van der Waals surface area contributed by atoms with E-state index in [1.807, 2.05) is 11.8 Å². The molecule has 0 aliphatic heterocycles. The standard InChI is InChI=1S/C40H81NO5S2/c1-5-7-9-11-13-14-15-16-17-18-22-26-30-36(44)40(46)41-34(33-42)39(45)35(43)29-25-21-19-20-24-28-32-38(48-4)37(47-3)31-27-23-12-10-8-6-2/h34-39,42-45H,5-33H2,1-4H3,(H,41,46)/t34-,35+,36+,37?,38?,39-/m0/s1. The Morgan fingerprint density at radius 1 is 0.521 bits per heavy atom. The van der Waals surface area contributed by atoms with E-state index in [2.05, 4.69) is 43.4 Å². The molecule has 2 unspecified atom stereocenters. The maximum Gasteiger partial charge on any atom is 0.249 e. The summed E-state index contributed by atoms with van der Waals surface area (Å²) in [6.07, 6.45) is 34.0. The highest BCUT2D eigenvalue weighted by Crippen LogP contribution is 2.30. The minimum Gasteiger partial charge on any atom is -0.394 e. The van der Waals surface area contributed by atoms with E-state index in [-0.39, 0.29) is 0 Å². The van der Waals surface area contributed by atoms with Crippen LogP contribution in [0.15, 0.2) is 0 Å². The number of thioether (sulfide) groups is 2. The van der Waals surface area contributed by atoms with Gasteiger partial charge in [-0.05, 0) is 38.2 Å². The highest BCUT2D eigenvalue weighted by atomic mass is 32.2. The monoisotopic (exact) mass is 720 g/mol. The van der Waals surface area contributed by atoms with Crippen molar-refractivity contribution in [2.45, 2.75) is 228 Å². The lowest BCUT2D eigenvalue weighted by Crippen LogP contribution is -2.53. The number of aliphatic hydroxyl groups excluding tert-OH is 4. The van der Waals surface area contributed by atoms with Crippen LogP contribution < -0.4 is 5.32 Å². The van der Waals surface area contributed by atoms with Crippen LogP contribution in [0, 0.1) is 0 Å². The van der Waals surface area contributed by atoms with Gasteiger partial charge >= 0.3 is 0 Å². The van der Waals surface area contributed by atoms with Gasteiger partial charge in [0.2, 0.25) is 5.91 Å². The smallest absolute Gasteiger partial charge is 0.249 e. The van der Waals surface area contributed by atoms with Crippen molar-refractivity contribution in [2.24, 2.45) is 0 Å². The first-order valence-corrected chi connectivity index (χ1v) is 22.9. The molecule has 6 atom stereocenters. The van der Waals surface area contributed by atoms with E-state index < -0.39 is 36.9 Å². The van der Waals surface area contributed by atoms with Crippen LogP contribution >= 0.6 is 23.5 Å². The number of carbonyl (C=O) groups is 1. The first-order valence-electron chi connectivity index (χ1n) is 20.4. The van der Waals surface area contributed by atoms with Crippen molar-refractivity contribution in [3.63, 3.8) is 0 Å². The second-order valence-electron chi connectivity index (χ2n) is 14.4. The van der Waals surface area contributed by atoms with E-state index in [0.717, 1.165) is 49.0 Å². The highest BCUT2D eigenvalue weighted by molar-refractivity contribution is 8.03. The van der Waals surface area contributed by atoms with Crippen LogP contribution in [0.2, 0.25) is 0 Å². The molecule has 0 saturated heterocycles. The Bertz CT molecular complexity index is 688. The Hall–Kier alpha value is 0.01000. The fourth-order valence-corrected chi connectivity index (χ4v) is 9.06. The van der Waals surface area contributed by atoms with Crippen LogP contribution in [0.4, 0.5) is 0 Å². The van der Waals surface area contributed by atoms with E-state index in [1.165, 1.54) is 128 Å². The summed E-state index contributed by atoms with van der Waals surface area (Å²) in [6, 6.07) is -0.986. The van der Waals surface area contributed by atoms with Gasteiger partial charge in [-0.25, -0.2) is 0 Å². The topological polar surface area (TPSA) is 110 Å². The number of aliphatic hydroxyl groups is 4. The second-order valence-corrected chi connectivity index (χ2v) is 16.5. The predicted molar refractivity (Wildman–Crippen MR) is 212 cm³/mol. The zero-order chi connectivity index (χ0) is 35.7. The molecule has 1 amide bonds. The molecule has 0 aromatic heterocycles. The normalized spacial score (nSPS) is 15.6. The lowest BCUT2D eigenvalue weighted by atomic mass is 9.99. The van der Waals surface area contributed by atoms with Crippen molar-refractivity contribution in [2.75, 3.05) is 19.1 Å². The highest BCUT2D eigenvalue weighted by Gasteiger charge is 2.28. The van der Waals surface area contributed by atoms with Crippen LogP contribution in [-0.4, -0.2) is 80.3 Å². The summed E-state index contributed by atoms with van der Waals surface area (Å²) in [5, 5.41) is 45.3. The van der Waals surface area contributed by atoms with Gasteiger partial charge in [-0.3, -0.25) is 4.79 Å². The van der Waals surface area contributed by atoms with Gasteiger partial charge in [0.15, 0.2) is 0 Å². The summed E-state index contributed by atoms with van der Waals surface area (Å²) in [5.74, 6) is -0.585. The van der Waals surface area contributed by atoms with Crippen molar-refractivity contribution in [1.29, 1.82) is 0 Å². The van der Waals surface area contributed by atoms with Gasteiger partial charge in [-0.2, -0.15) is 23.5 Å². The number of unbranched alkanes of at least 4 members (excludes halogenated alkanes) is 21. The lowest BCUT2D eigenvalue weighted by Gasteiger charge is -2.27. The number of rotatable bonds is 37. The third-order valence-corrected chi connectivity index (χ3v) is 12.6. The molecule has 0 bridgehead atoms. The average molecular weight is 720 g/mol. The van der Waals surface area contributed by atoms with Gasteiger partial charge in [-0.15, -0.1) is 0 Å². The van der Waals surface area contributed by atoms with E-state index in [1.54, 1.807) is 0 Å². The van der Waals surface area contributed by atoms with Crippen molar-refractivity contribution >= 4 is 29.4 Å². The zero-order valence-electron chi connectivity index (χ0n) is 32.0.